The minimum Gasteiger partial charge on any atom is -0.481 e. The lowest BCUT2D eigenvalue weighted by molar-refractivity contribution is -0.136. The van der Waals surface area contributed by atoms with Gasteiger partial charge >= 0.3 is 5.97 Å². The molecule has 1 fully saturated rings. The third-order valence-electron chi connectivity index (χ3n) is 4.75. The fourth-order valence-corrected chi connectivity index (χ4v) is 4.71. The molecule has 0 amide bonds. The van der Waals surface area contributed by atoms with Gasteiger partial charge in [-0.1, -0.05) is 12.1 Å². The molecule has 0 unspecified atom stereocenters. The zero-order chi connectivity index (χ0) is 18.7. The highest BCUT2D eigenvalue weighted by Gasteiger charge is 2.31. The van der Waals surface area contributed by atoms with Crippen LogP contribution in [0.25, 0.3) is 0 Å². The normalized spacial score (nSPS) is 16.7. The molecule has 0 spiro atoms. The first kappa shape index (κ1) is 18.5. The molecule has 3 rings (SSSR count). The zero-order valence-electron chi connectivity index (χ0n) is 14.6. The lowest BCUT2D eigenvalue weighted by Gasteiger charge is -2.30. The number of carbonyl (C=O) groups is 1. The standard InChI is InChI=1S/C17H22N4O4S/c1-20-12-18-19-17(20)14-8-10-21(11-9-14)26(24,25)15-5-2-13(3-6-15)4-7-16(22)23/h2-3,5-6,12,14H,4,7-11H2,1H3,(H,22,23). The van der Waals surface area contributed by atoms with Crippen molar-refractivity contribution in [3.05, 3.63) is 42.0 Å². The van der Waals surface area contributed by atoms with E-state index in [-0.39, 0.29) is 17.2 Å². The Morgan fingerprint density at radius 3 is 2.42 bits per heavy atom. The molecule has 0 atom stereocenters. The number of sulfonamides is 1. The molecule has 2 aromatic rings. The molecule has 9 heteroatoms. The first-order valence-electron chi connectivity index (χ1n) is 8.52. The Morgan fingerprint density at radius 2 is 1.88 bits per heavy atom. The van der Waals surface area contributed by atoms with Gasteiger partial charge in [0, 0.05) is 32.5 Å². The molecule has 2 heterocycles. The molecule has 1 aliphatic heterocycles. The van der Waals surface area contributed by atoms with E-state index in [9.17, 15) is 13.2 Å². The number of rotatable bonds is 6. The first-order valence-corrected chi connectivity index (χ1v) is 9.96. The van der Waals surface area contributed by atoms with Crippen molar-refractivity contribution in [2.45, 2.75) is 36.5 Å². The van der Waals surface area contributed by atoms with Gasteiger partial charge in [-0.2, -0.15) is 4.31 Å². The number of piperidine rings is 1. The van der Waals surface area contributed by atoms with Crippen LogP contribution in [0, 0.1) is 0 Å². The van der Waals surface area contributed by atoms with Crippen molar-refractivity contribution in [1.29, 1.82) is 0 Å². The van der Waals surface area contributed by atoms with E-state index in [1.807, 2.05) is 11.6 Å². The van der Waals surface area contributed by atoms with Crippen LogP contribution < -0.4 is 0 Å². The van der Waals surface area contributed by atoms with E-state index in [4.69, 9.17) is 5.11 Å². The minimum absolute atomic E-state index is 0.0294. The lowest BCUT2D eigenvalue weighted by Crippen LogP contribution is -2.38. The fourth-order valence-electron chi connectivity index (χ4n) is 3.24. The third-order valence-corrected chi connectivity index (χ3v) is 6.67. The van der Waals surface area contributed by atoms with E-state index in [1.165, 1.54) is 4.31 Å². The van der Waals surface area contributed by atoms with Crippen molar-refractivity contribution in [3.8, 4) is 0 Å². The van der Waals surface area contributed by atoms with E-state index in [2.05, 4.69) is 10.2 Å². The average molecular weight is 378 g/mol. The van der Waals surface area contributed by atoms with Crippen LogP contribution in [0.1, 0.15) is 36.6 Å². The first-order chi connectivity index (χ1) is 12.4. The van der Waals surface area contributed by atoms with Crippen LogP contribution in [0.15, 0.2) is 35.5 Å². The Balaban J connectivity index is 1.65. The van der Waals surface area contributed by atoms with Crippen LogP contribution in [0.3, 0.4) is 0 Å². The van der Waals surface area contributed by atoms with Crippen molar-refractivity contribution in [3.63, 3.8) is 0 Å². The summed E-state index contributed by atoms with van der Waals surface area (Å²) in [4.78, 5) is 10.9. The molecule has 1 aromatic carbocycles. The smallest absolute Gasteiger partial charge is 0.303 e. The summed E-state index contributed by atoms with van der Waals surface area (Å²) >= 11 is 0. The van der Waals surface area contributed by atoms with E-state index >= 15 is 0 Å². The number of nitrogens with zero attached hydrogens (tertiary/aromatic N) is 4. The predicted octanol–water partition coefficient (Wildman–Crippen LogP) is 1.40. The summed E-state index contributed by atoms with van der Waals surface area (Å²) in [5.41, 5.74) is 0.812. The highest BCUT2D eigenvalue weighted by molar-refractivity contribution is 7.89. The van der Waals surface area contributed by atoms with Crippen molar-refractivity contribution >= 4 is 16.0 Å². The van der Waals surface area contributed by atoms with Crippen LogP contribution in [-0.4, -0.2) is 51.7 Å². The second-order valence-electron chi connectivity index (χ2n) is 6.52. The summed E-state index contributed by atoms with van der Waals surface area (Å²) in [6.45, 7) is 0.890. The van der Waals surface area contributed by atoms with E-state index in [0.29, 0.717) is 32.4 Å². The highest BCUT2D eigenvalue weighted by Crippen LogP contribution is 2.29. The molecule has 0 aliphatic carbocycles. The number of aromatic nitrogens is 3. The molecule has 1 saturated heterocycles. The van der Waals surface area contributed by atoms with Gasteiger partial charge < -0.3 is 9.67 Å². The van der Waals surface area contributed by atoms with Gasteiger partial charge in [-0.25, -0.2) is 8.42 Å². The quantitative estimate of drug-likeness (QED) is 0.814. The molecule has 1 aliphatic rings. The van der Waals surface area contributed by atoms with Gasteiger partial charge in [-0.15, -0.1) is 10.2 Å². The third kappa shape index (κ3) is 3.94. The van der Waals surface area contributed by atoms with E-state index in [0.717, 1.165) is 11.4 Å². The zero-order valence-corrected chi connectivity index (χ0v) is 15.4. The predicted molar refractivity (Wildman–Crippen MR) is 94.1 cm³/mol. The summed E-state index contributed by atoms with van der Waals surface area (Å²) in [5.74, 6) is 0.240. The van der Waals surface area contributed by atoms with Gasteiger partial charge in [0.2, 0.25) is 10.0 Å². The van der Waals surface area contributed by atoms with Crippen LogP contribution >= 0.6 is 0 Å². The number of hydrogen-bond donors (Lipinski definition) is 1. The number of benzene rings is 1. The van der Waals surface area contributed by atoms with Gasteiger partial charge in [0.05, 0.1) is 4.90 Å². The molecule has 1 N–H and O–H groups in total. The van der Waals surface area contributed by atoms with Crippen LogP contribution in [0.5, 0.6) is 0 Å². The molecule has 0 radical (unpaired) electrons. The second kappa shape index (κ2) is 7.55. The maximum atomic E-state index is 12.8. The van der Waals surface area contributed by atoms with Gasteiger partial charge in [0.25, 0.3) is 0 Å². The molecule has 26 heavy (non-hydrogen) atoms. The summed E-state index contributed by atoms with van der Waals surface area (Å²) in [5, 5.41) is 16.7. The molecule has 140 valence electrons. The van der Waals surface area contributed by atoms with E-state index < -0.39 is 16.0 Å². The summed E-state index contributed by atoms with van der Waals surface area (Å²) in [7, 11) is -1.65. The number of carboxylic acids is 1. The minimum atomic E-state index is -3.54. The highest BCUT2D eigenvalue weighted by atomic mass is 32.2. The van der Waals surface area contributed by atoms with Crippen molar-refractivity contribution in [2.75, 3.05) is 13.1 Å². The van der Waals surface area contributed by atoms with Crippen LogP contribution in [0.4, 0.5) is 0 Å². The number of carboxylic acid groups (broad SMARTS) is 1. The Morgan fingerprint density at radius 1 is 1.23 bits per heavy atom. The Hall–Kier alpha value is -2.26. The maximum absolute atomic E-state index is 12.8. The average Bonchev–Trinajstić information content (AvgIpc) is 3.06. The van der Waals surface area contributed by atoms with Gasteiger partial charge in [-0.3, -0.25) is 4.79 Å². The fraction of sp³-hybridized carbons (Fsp3) is 0.471. The topological polar surface area (TPSA) is 105 Å². The lowest BCUT2D eigenvalue weighted by atomic mass is 9.97. The Kier molecular flexibility index (Phi) is 5.38. The second-order valence-corrected chi connectivity index (χ2v) is 8.45. The maximum Gasteiger partial charge on any atom is 0.303 e. The molecular formula is C17H22N4O4S. The summed E-state index contributed by atoms with van der Waals surface area (Å²) < 4.78 is 29.0. The van der Waals surface area contributed by atoms with Crippen LogP contribution in [0.2, 0.25) is 0 Å². The summed E-state index contributed by atoms with van der Waals surface area (Å²) in [6, 6.07) is 6.48. The van der Waals surface area contributed by atoms with E-state index in [1.54, 1.807) is 30.6 Å². The van der Waals surface area contributed by atoms with Crippen molar-refractivity contribution in [1.82, 2.24) is 19.1 Å². The number of hydrogen-bond acceptors (Lipinski definition) is 5. The molecular weight excluding hydrogens is 356 g/mol. The van der Waals surface area contributed by atoms with Gasteiger partial charge in [0.1, 0.15) is 12.2 Å². The van der Waals surface area contributed by atoms with Crippen molar-refractivity contribution < 1.29 is 18.3 Å². The van der Waals surface area contributed by atoms with Crippen molar-refractivity contribution in [2.24, 2.45) is 7.05 Å². The monoisotopic (exact) mass is 378 g/mol. The molecule has 0 bridgehead atoms. The SMILES string of the molecule is Cn1cnnc1C1CCN(S(=O)(=O)c2ccc(CCC(=O)O)cc2)CC1. The largest absolute Gasteiger partial charge is 0.481 e. The molecule has 0 saturated carbocycles. The molecule has 8 nitrogen and oxygen atoms in total. The van der Waals surface area contributed by atoms with Gasteiger partial charge in [0.15, 0.2) is 0 Å². The number of aryl methyl sites for hydroxylation is 2. The number of aliphatic carboxylic acids is 1. The Labute approximate surface area is 152 Å². The Bertz CT molecular complexity index is 868. The van der Waals surface area contributed by atoms with Gasteiger partial charge in [-0.05, 0) is 37.0 Å². The molecule has 1 aromatic heterocycles. The summed E-state index contributed by atoms with van der Waals surface area (Å²) in [6.07, 6.45) is 3.50. The van der Waals surface area contributed by atoms with Crippen LogP contribution in [-0.2, 0) is 28.3 Å².